The van der Waals surface area contributed by atoms with E-state index in [2.05, 4.69) is 15.3 Å². The molecule has 94 valence electrons. The van der Waals surface area contributed by atoms with Gasteiger partial charge in [0.1, 0.15) is 0 Å². The summed E-state index contributed by atoms with van der Waals surface area (Å²) < 4.78 is 5.00. The van der Waals surface area contributed by atoms with E-state index in [1.807, 2.05) is 31.2 Å². The van der Waals surface area contributed by atoms with Crippen molar-refractivity contribution in [3.63, 3.8) is 0 Å². The minimum Gasteiger partial charge on any atom is -0.494 e. The molecule has 0 radical (unpaired) electrons. The van der Waals surface area contributed by atoms with Gasteiger partial charge < -0.3 is 10.1 Å². The van der Waals surface area contributed by atoms with Crippen LogP contribution < -0.4 is 10.1 Å². The van der Waals surface area contributed by atoms with Crippen molar-refractivity contribution in [2.24, 2.45) is 0 Å². The van der Waals surface area contributed by atoms with Crippen LogP contribution in [-0.4, -0.2) is 17.1 Å². The van der Waals surface area contributed by atoms with Crippen molar-refractivity contribution in [3.8, 4) is 5.75 Å². The summed E-state index contributed by atoms with van der Waals surface area (Å²) in [7, 11) is 1.58. The molecule has 1 atom stereocenters. The van der Waals surface area contributed by atoms with Gasteiger partial charge in [0.2, 0.25) is 5.95 Å². The third-order valence-corrected chi connectivity index (χ3v) is 2.79. The van der Waals surface area contributed by atoms with Gasteiger partial charge in [0, 0.05) is 5.02 Å². The highest BCUT2D eigenvalue weighted by Gasteiger charge is 2.07. The molecular formula is C13H14ClN3O. The van der Waals surface area contributed by atoms with Crippen LogP contribution in [0.1, 0.15) is 18.5 Å². The molecule has 1 aromatic carbocycles. The Balaban J connectivity index is 2.08. The fourth-order valence-electron chi connectivity index (χ4n) is 1.55. The third-order valence-electron chi connectivity index (χ3n) is 2.56. The Bertz CT molecular complexity index is 516. The summed E-state index contributed by atoms with van der Waals surface area (Å²) in [5, 5.41) is 3.92. The number of halogens is 1. The van der Waals surface area contributed by atoms with Gasteiger partial charge in [0.05, 0.1) is 25.5 Å². The molecule has 1 unspecified atom stereocenters. The topological polar surface area (TPSA) is 47.0 Å². The van der Waals surface area contributed by atoms with Crippen molar-refractivity contribution in [3.05, 3.63) is 47.2 Å². The second-order valence-corrected chi connectivity index (χ2v) is 4.30. The van der Waals surface area contributed by atoms with Gasteiger partial charge in [-0.15, -0.1) is 0 Å². The quantitative estimate of drug-likeness (QED) is 0.919. The van der Waals surface area contributed by atoms with Gasteiger partial charge in [0.25, 0.3) is 0 Å². The SMILES string of the molecule is COc1cnc(NC(C)c2cccc(Cl)c2)nc1. The number of benzene rings is 1. The molecule has 0 aliphatic heterocycles. The Hall–Kier alpha value is -1.81. The summed E-state index contributed by atoms with van der Waals surface area (Å²) >= 11 is 5.96. The second kappa shape index (κ2) is 5.69. The Kier molecular flexibility index (Phi) is 3.99. The first-order chi connectivity index (χ1) is 8.69. The lowest BCUT2D eigenvalue weighted by Crippen LogP contribution is -2.09. The first kappa shape index (κ1) is 12.6. The summed E-state index contributed by atoms with van der Waals surface area (Å²) in [6.07, 6.45) is 3.25. The molecule has 18 heavy (non-hydrogen) atoms. The number of methoxy groups -OCH3 is 1. The van der Waals surface area contributed by atoms with Crippen LogP contribution in [0.2, 0.25) is 5.02 Å². The molecule has 2 aromatic rings. The fraction of sp³-hybridized carbons (Fsp3) is 0.231. The molecule has 0 bridgehead atoms. The average Bonchev–Trinajstić information content (AvgIpc) is 2.39. The summed E-state index contributed by atoms with van der Waals surface area (Å²) in [5.74, 6) is 1.19. The molecule has 1 heterocycles. The molecular weight excluding hydrogens is 250 g/mol. The third kappa shape index (κ3) is 3.11. The Morgan fingerprint density at radius 2 is 2.00 bits per heavy atom. The van der Waals surface area contributed by atoms with E-state index in [1.54, 1.807) is 19.5 Å². The molecule has 5 heteroatoms. The maximum absolute atomic E-state index is 5.96. The molecule has 4 nitrogen and oxygen atoms in total. The largest absolute Gasteiger partial charge is 0.494 e. The van der Waals surface area contributed by atoms with E-state index in [0.717, 1.165) is 10.6 Å². The molecule has 2 rings (SSSR count). The van der Waals surface area contributed by atoms with Crippen molar-refractivity contribution in [1.29, 1.82) is 0 Å². The Morgan fingerprint density at radius 1 is 1.28 bits per heavy atom. The highest BCUT2D eigenvalue weighted by Crippen LogP contribution is 2.20. The number of rotatable bonds is 4. The van der Waals surface area contributed by atoms with E-state index in [0.29, 0.717) is 11.7 Å². The van der Waals surface area contributed by atoms with Gasteiger partial charge in [0.15, 0.2) is 5.75 Å². The zero-order chi connectivity index (χ0) is 13.0. The molecule has 0 spiro atoms. The van der Waals surface area contributed by atoms with Gasteiger partial charge in [-0.3, -0.25) is 0 Å². The molecule has 0 saturated heterocycles. The monoisotopic (exact) mass is 263 g/mol. The van der Waals surface area contributed by atoms with Crippen molar-refractivity contribution in [2.45, 2.75) is 13.0 Å². The Morgan fingerprint density at radius 3 is 2.61 bits per heavy atom. The van der Waals surface area contributed by atoms with E-state index in [9.17, 15) is 0 Å². The predicted octanol–water partition coefficient (Wildman–Crippen LogP) is 3.31. The van der Waals surface area contributed by atoms with Crippen LogP contribution in [-0.2, 0) is 0 Å². The van der Waals surface area contributed by atoms with Crippen LogP contribution in [0.5, 0.6) is 5.75 Å². The van der Waals surface area contributed by atoms with Gasteiger partial charge >= 0.3 is 0 Å². The highest BCUT2D eigenvalue weighted by atomic mass is 35.5. The molecule has 0 fully saturated rings. The molecule has 0 aliphatic rings. The molecule has 0 amide bonds. The van der Waals surface area contributed by atoms with Gasteiger partial charge in [-0.05, 0) is 24.6 Å². The van der Waals surface area contributed by atoms with Crippen LogP contribution in [0.3, 0.4) is 0 Å². The van der Waals surface area contributed by atoms with E-state index < -0.39 is 0 Å². The normalized spacial score (nSPS) is 11.9. The first-order valence-electron chi connectivity index (χ1n) is 5.57. The van der Waals surface area contributed by atoms with Crippen LogP contribution >= 0.6 is 11.6 Å². The van der Waals surface area contributed by atoms with E-state index >= 15 is 0 Å². The van der Waals surface area contributed by atoms with Crippen LogP contribution in [0, 0.1) is 0 Å². The minimum absolute atomic E-state index is 0.0806. The van der Waals surface area contributed by atoms with E-state index in [1.165, 1.54) is 0 Å². The Labute approximate surface area is 111 Å². The van der Waals surface area contributed by atoms with Crippen LogP contribution in [0.15, 0.2) is 36.7 Å². The number of hydrogen-bond acceptors (Lipinski definition) is 4. The number of nitrogens with zero attached hydrogens (tertiary/aromatic N) is 2. The summed E-state index contributed by atoms with van der Waals surface area (Å²) in [6.45, 7) is 2.03. The summed E-state index contributed by atoms with van der Waals surface area (Å²) in [6, 6.07) is 7.78. The maximum atomic E-state index is 5.96. The van der Waals surface area contributed by atoms with Gasteiger partial charge in [-0.1, -0.05) is 23.7 Å². The maximum Gasteiger partial charge on any atom is 0.223 e. The van der Waals surface area contributed by atoms with E-state index in [4.69, 9.17) is 16.3 Å². The van der Waals surface area contributed by atoms with Crippen LogP contribution in [0.25, 0.3) is 0 Å². The highest BCUT2D eigenvalue weighted by molar-refractivity contribution is 6.30. The van der Waals surface area contributed by atoms with Crippen LogP contribution in [0.4, 0.5) is 5.95 Å². The molecule has 1 aromatic heterocycles. The van der Waals surface area contributed by atoms with Crippen molar-refractivity contribution in [2.75, 3.05) is 12.4 Å². The minimum atomic E-state index is 0.0806. The average molecular weight is 264 g/mol. The van der Waals surface area contributed by atoms with Crippen molar-refractivity contribution in [1.82, 2.24) is 9.97 Å². The zero-order valence-electron chi connectivity index (χ0n) is 10.2. The standard InChI is InChI=1S/C13H14ClN3O/c1-9(10-4-3-5-11(14)6-10)17-13-15-7-12(18-2)8-16-13/h3-9H,1-2H3,(H,15,16,17). The lowest BCUT2D eigenvalue weighted by atomic mass is 10.1. The molecule has 0 aliphatic carbocycles. The smallest absolute Gasteiger partial charge is 0.223 e. The zero-order valence-corrected chi connectivity index (χ0v) is 11.0. The number of aromatic nitrogens is 2. The number of hydrogen-bond donors (Lipinski definition) is 1. The number of ether oxygens (including phenoxy) is 1. The van der Waals surface area contributed by atoms with Crippen molar-refractivity contribution < 1.29 is 4.74 Å². The van der Waals surface area contributed by atoms with E-state index in [-0.39, 0.29) is 6.04 Å². The van der Waals surface area contributed by atoms with Gasteiger partial charge in [-0.2, -0.15) is 0 Å². The molecule has 1 N–H and O–H groups in total. The van der Waals surface area contributed by atoms with Crippen molar-refractivity contribution >= 4 is 17.5 Å². The lowest BCUT2D eigenvalue weighted by molar-refractivity contribution is 0.411. The lowest BCUT2D eigenvalue weighted by Gasteiger charge is -2.14. The number of nitrogens with one attached hydrogen (secondary N) is 1. The summed E-state index contributed by atoms with van der Waals surface area (Å²) in [4.78, 5) is 8.31. The summed E-state index contributed by atoms with van der Waals surface area (Å²) in [5.41, 5.74) is 1.09. The predicted molar refractivity (Wildman–Crippen MR) is 72.1 cm³/mol. The molecule has 0 saturated carbocycles. The second-order valence-electron chi connectivity index (χ2n) is 3.87. The fourth-order valence-corrected chi connectivity index (χ4v) is 1.75. The number of anilines is 1. The van der Waals surface area contributed by atoms with Gasteiger partial charge in [-0.25, -0.2) is 9.97 Å². The first-order valence-corrected chi connectivity index (χ1v) is 5.95.